The summed E-state index contributed by atoms with van der Waals surface area (Å²) < 4.78 is 0. The number of nitrogens with zero attached hydrogens (tertiary/aromatic N) is 2. The van der Waals surface area contributed by atoms with Crippen molar-refractivity contribution in [3.05, 3.63) is 30.5 Å². The molecule has 1 saturated carbocycles. The van der Waals surface area contributed by atoms with Crippen molar-refractivity contribution in [2.45, 2.75) is 32.6 Å². The van der Waals surface area contributed by atoms with E-state index in [1.54, 1.807) is 0 Å². The second kappa shape index (κ2) is 4.56. The zero-order valence-electron chi connectivity index (χ0n) is 10.8. The first-order chi connectivity index (χ1) is 8.81. The van der Waals surface area contributed by atoms with Crippen LogP contribution in [0.5, 0.6) is 0 Å². The summed E-state index contributed by atoms with van der Waals surface area (Å²) in [6.45, 7) is 3.27. The van der Waals surface area contributed by atoms with Crippen LogP contribution in [0.2, 0.25) is 0 Å². The molecule has 18 heavy (non-hydrogen) atoms. The van der Waals surface area contributed by atoms with Crippen LogP contribution in [0.15, 0.2) is 30.5 Å². The van der Waals surface area contributed by atoms with E-state index in [0.717, 1.165) is 23.4 Å². The Hall–Kier alpha value is -1.64. The van der Waals surface area contributed by atoms with Crippen molar-refractivity contribution in [1.29, 1.82) is 0 Å². The molecular formula is C15H19N3. The van der Waals surface area contributed by atoms with Crippen LogP contribution >= 0.6 is 0 Å². The van der Waals surface area contributed by atoms with Crippen molar-refractivity contribution < 1.29 is 0 Å². The summed E-state index contributed by atoms with van der Waals surface area (Å²) in [4.78, 5) is 8.92. The Balaban J connectivity index is 1.71. The van der Waals surface area contributed by atoms with Gasteiger partial charge in [0.15, 0.2) is 0 Å². The lowest BCUT2D eigenvalue weighted by molar-refractivity contribution is 0.484. The molecule has 3 rings (SSSR count). The number of aromatic nitrogens is 2. The van der Waals surface area contributed by atoms with Crippen molar-refractivity contribution in [2.24, 2.45) is 5.41 Å². The molecule has 1 aromatic carbocycles. The highest BCUT2D eigenvalue weighted by molar-refractivity contribution is 5.78. The second-order valence-electron chi connectivity index (χ2n) is 5.36. The van der Waals surface area contributed by atoms with Gasteiger partial charge < -0.3 is 5.32 Å². The largest absolute Gasteiger partial charge is 0.354 e. The van der Waals surface area contributed by atoms with Gasteiger partial charge in [-0.2, -0.15) is 0 Å². The minimum atomic E-state index is 0.532. The van der Waals surface area contributed by atoms with Gasteiger partial charge >= 0.3 is 0 Å². The number of hydrogen-bond acceptors (Lipinski definition) is 3. The number of anilines is 1. The van der Waals surface area contributed by atoms with Crippen LogP contribution in [-0.2, 0) is 0 Å². The molecule has 1 aromatic heterocycles. The molecule has 3 nitrogen and oxygen atoms in total. The fourth-order valence-electron chi connectivity index (χ4n) is 2.55. The molecule has 0 saturated heterocycles. The molecule has 94 valence electrons. The maximum atomic E-state index is 4.54. The van der Waals surface area contributed by atoms with Gasteiger partial charge in [0, 0.05) is 18.1 Å². The standard InChI is InChI=1S/C15H19N3/c1-2-7-15(8-9-15)11-17-14-16-10-12-5-3-4-6-13(12)18-14/h3-6,10H,2,7-9,11H2,1H3,(H,16,17,18). The van der Waals surface area contributed by atoms with E-state index in [1.807, 2.05) is 30.5 Å². The van der Waals surface area contributed by atoms with Crippen LogP contribution in [0, 0.1) is 5.41 Å². The van der Waals surface area contributed by atoms with Gasteiger partial charge in [-0.1, -0.05) is 31.5 Å². The number of rotatable bonds is 5. The third-order valence-electron chi connectivity index (χ3n) is 3.85. The fraction of sp³-hybridized carbons (Fsp3) is 0.467. The van der Waals surface area contributed by atoms with Gasteiger partial charge in [-0.25, -0.2) is 9.97 Å². The van der Waals surface area contributed by atoms with Crippen LogP contribution in [0.3, 0.4) is 0 Å². The molecule has 0 amide bonds. The monoisotopic (exact) mass is 241 g/mol. The normalized spacial score (nSPS) is 16.7. The first-order valence-corrected chi connectivity index (χ1v) is 6.77. The van der Waals surface area contributed by atoms with E-state index in [9.17, 15) is 0 Å². The van der Waals surface area contributed by atoms with E-state index in [4.69, 9.17) is 0 Å². The van der Waals surface area contributed by atoms with Crippen LogP contribution in [0.25, 0.3) is 10.9 Å². The quantitative estimate of drug-likeness (QED) is 0.868. The topological polar surface area (TPSA) is 37.8 Å². The average Bonchev–Trinajstić information content (AvgIpc) is 3.17. The summed E-state index contributed by atoms with van der Waals surface area (Å²) in [5.74, 6) is 0.760. The molecule has 3 heteroatoms. The molecule has 1 fully saturated rings. The van der Waals surface area contributed by atoms with Crippen molar-refractivity contribution >= 4 is 16.9 Å². The van der Waals surface area contributed by atoms with E-state index >= 15 is 0 Å². The van der Waals surface area contributed by atoms with Gasteiger partial charge in [0.2, 0.25) is 5.95 Å². The Morgan fingerprint density at radius 2 is 2.11 bits per heavy atom. The Morgan fingerprint density at radius 3 is 2.89 bits per heavy atom. The number of nitrogens with one attached hydrogen (secondary N) is 1. The lowest BCUT2D eigenvalue weighted by Crippen LogP contribution is -2.16. The lowest BCUT2D eigenvalue weighted by Gasteiger charge is -2.14. The molecule has 1 heterocycles. The van der Waals surface area contributed by atoms with Crippen molar-refractivity contribution in [3.8, 4) is 0 Å². The molecule has 0 aliphatic heterocycles. The Labute approximate surface area is 108 Å². The predicted octanol–water partition coefficient (Wildman–Crippen LogP) is 3.62. The zero-order chi connectivity index (χ0) is 12.4. The van der Waals surface area contributed by atoms with Crippen LogP contribution in [-0.4, -0.2) is 16.5 Å². The van der Waals surface area contributed by atoms with E-state index in [0.29, 0.717) is 5.41 Å². The Bertz CT molecular complexity index is 546. The molecule has 0 unspecified atom stereocenters. The fourth-order valence-corrected chi connectivity index (χ4v) is 2.55. The number of fused-ring (bicyclic) bond motifs is 1. The van der Waals surface area contributed by atoms with Gasteiger partial charge in [0.05, 0.1) is 5.52 Å². The van der Waals surface area contributed by atoms with Crippen molar-refractivity contribution in [2.75, 3.05) is 11.9 Å². The van der Waals surface area contributed by atoms with Crippen LogP contribution in [0.4, 0.5) is 5.95 Å². The maximum absolute atomic E-state index is 4.54. The molecule has 0 atom stereocenters. The van der Waals surface area contributed by atoms with Gasteiger partial charge in [-0.15, -0.1) is 0 Å². The third-order valence-corrected chi connectivity index (χ3v) is 3.85. The zero-order valence-corrected chi connectivity index (χ0v) is 10.8. The SMILES string of the molecule is CCCC1(CNc2ncc3ccccc3n2)CC1. The van der Waals surface area contributed by atoms with Crippen LogP contribution < -0.4 is 5.32 Å². The second-order valence-corrected chi connectivity index (χ2v) is 5.36. The van der Waals surface area contributed by atoms with E-state index in [1.165, 1.54) is 25.7 Å². The molecule has 0 bridgehead atoms. The number of benzene rings is 1. The van der Waals surface area contributed by atoms with Gasteiger partial charge in [0.1, 0.15) is 0 Å². The molecule has 1 aliphatic rings. The molecule has 2 aromatic rings. The Kier molecular flexibility index (Phi) is 2.90. The Morgan fingerprint density at radius 1 is 1.28 bits per heavy atom. The predicted molar refractivity (Wildman–Crippen MR) is 74.6 cm³/mol. The summed E-state index contributed by atoms with van der Waals surface area (Å²) >= 11 is 0. The minimum Gasteiger partial charge on any atom is -0.354 e. The highest BCUT2D eigenvalue weighted by Crippen LogP contribution is 2.49. The molecule has 1 N–H and O–H groups in total. The summed E-state index contributed by atoms with van der Waals surface area (Å²) in [7, 11) is 0. The van der Waals surface area contributed by atoms with E-state index in [2.05, 4.69) is 22.2 Å². The summed E-state index contributed by atoms with van der Waals surface area (Å²) in [5, 5.41) is 4.50. The molecule has 0 radical (unpaired) electrons. The maximum Gasteiger partial charge on any atom is 0.223 e. The third kappa shape index (κ3) is 2.30. The first-order valence-electron chi connectivity index (χ1n) is 6.77. The smallest absolute Gasteiger partial charge is 0.223 e. The molecular weight excluding hydrogens is 222 g/mol. The number of para-hydroxylation sites is 1. The van der Waals surface area contributed by atoms with Gasteiger partial charge in [-0.3, -0.25) is 0 Å². The van der Waals surface area contributed by atoms with E-state index < -0.39 is 0 Å². The summed E-state index contributed by atoms with van der Waals surface area (Å²) in [6.07, 6.45) is 7.17. The summed E-state index contributed by atoms with van der Waals surface area (Å²) in [5.41, 5.74) is 1.54. The lowest BCUT2D eigenvalue weighted by atomic mass is 10.0. The van der Waals surface area contributed by atoms with Crippen LogP contribution in [0.1, 0.15) is 32.6 Å². The summed E-state index contributed by atoms with van der Waals surface area (Å²) in [6, 6.07) is 8.09. The van der Waals surface area contributed by atoms with Gasteiger partial charge in [0.25, 0.3) is 0 Å². The van der Waals surface area contributed by atoms with Crippen molar-refractivity contribution in [3.63, 3.8) is 0 Å². The highest BCUT2D eigenvalue weighted by atomic mass is 15.1. The molecule has 0 spiro atoms. The highest BCUT2D eigenvalue weighted by Gasteiger charge is 2.41. The minimum absolute atomic E-state index is 0.532. The van der Waals surface area contributed by atoms with Gasteiger partial charge in [-0.05, 0) is 30.7 Å². The first kappa shape index (κ1) is 11.5. The average molecular weight is 241 g/mol. The number of hydrogen-bond donors (Lipinski definition) is 1. The van der Waals surface area contributed by atoms with E-state index in [-0.39, 0.29) is 0 Å². The molecule has 1 aliphatic carbocycles. The van der Waals surface area contributed by atoms with Crippen molar-refractivity contribution in [1.82, 2.24) is 9.97 Å².